The fourth-order valence-electron chi connectivity index (χ4n) is 3.72. The average Bonchev–Trinajstić information content (AvgIpc) is 2.93. The van der Waals surface area contributed by atoms with Crippen LogP contribution in [0.4, 0.5) is 13.2 Å². The summed E-state index contributed by atoms with van der Waals surface area (Å²) in [5, 5.41) is 4.14. The second kappa shape index (κ2) is 7.56. The number of ketones is 1. The molecule has 158 valence electrons. The standard InChI is InChI=1S/C19H22F3N3O3S/c1-12-18(13(2)24(3)23-12)29(27,28)25-9-5-7-15(11-25)17(26)14-6-4-8-16(10-14)19(20,21)22/h4,6,8,10,15H,5,7,9,11H2,1-3H3/t15-/m1/s1. The first-order chi connectivity index (χ1) is 13.4. The number of aryl methyl sites for hydroxylation is 2. The Labute approximate surface area is 167 Å². The number of carbonyl (C=O) groups excluding carboxylic acids is 1. The van der Waals surface area contributed by atoms with Crippen molar-refractivity contribution in [3.8, 4) is 0 Å². The molecule has 1 aliphatic rings. The number of rotatable bonds is 4. The minimum absolute atomic E-state index is 0.0576. The van der Waals surface area contributed by atoms with E-state index in [2.05, 4.69) is 5.10 Å². The van der Waals surface area contributed by atoms with Gasteiger partial charge in [0.05, 0.1) is 17.0 Å². The van der Waals surface area contributed by atoms with Crippen molar-refractivity contribution >= 4 is 15.8 Å². The van der Waals surface area contributed by atoms with E-state index in [9.17, 15) is 26.4 Å². The van der Waals surface area contributed by atoms with Crippen molar-refractivity contribution in [2.75, 3.05) is 13.1 Å². The molecule has 1 aliphatic heterocycles. The fraction of sp³-hybridized carbons (Fsp3) is 0.474. The van der Waals surface area contributed by atoms with E-state index in [0.29, 0.717) is 24.2 Å². The molecule has 1 fully saturated rings. The second-order valence-corrected chi connectivity index (χ2v) is 9.14. The van der Waals surface area contributed by atoms with Crippen LogP contribution in [0, 0.1) is 19.8 Å². The van der Waals surface area contributed by atoms with Crippen LogP contribution in [0.15, 0.2) is 29.2 Å². The first kappa shape index (κ1) is 21.5. The van der Waals surface area contributed by atoms with Gasteiger partial charge in [-0.25, -0.2) is 8.42 Å². The van der Waals surface area contributed by atoms with Crippen LogP contribution in [-0.2, 0) is 23.2 Å². The summed E-state index contributed by atoms with van der Waals surface area (Å²) in [6.45, 7) is 3.45. The maximum Gasteiger partial charge on any atom is 0.416 e. The third kappa shape index (κ3) is 4.09. The summed E-state index contributed by atoms with van der Waals surface area (Å²) in [6, 6.07) is 4.25. The molecule has 0 bridgehead atoms. The summed E-state index contributed by atoms with van der Waals surface area (Å²) in [7, 11) is -2.21. The summed E-state index contributed by atoms with van der Waals surface area (Å²) in [5.74, 6) is -1.17. The van der Waals surface area contributed by atoms with Gasteiger partial charge in [-0.3, -0.25) is 9.48 Å². The van der Waals surface area contributed by atoms with Crippen LogP contribution in [0.2, 0.25) is 0 Å². The Balaban J connectivity index is 1.87. The third-order valence-corrected chi connectivity index (χ3v) is 7.39. The highest BCUT2D eigenvalue weighted by Gasteiger charge is 2.37. The van der Waals surface area contributed by atoms with E-state index in [1.54, 1.807) is 20.9 Å². The molecule has 1 aromatic heterocycles. The molecule has 0 unspecified atom stereocenters. The third-order valence-electron chi connectivity index (χ3n) is 5.27. The lowest BCUT2D eigenvalue weighted by atomic mass is 9.90. The molecule has 6 nitrogen and oxygen atoms in total. The highest BCUT2D eigenvalue weighted by Crippen LogP contribution is 2.32. The van der Waals surface area contributed by atoms with Gasteiger partial charge in [0, 0.05) is 31.6 Å². The minimum Gasteiger partial charge on any atom is -0.294 e. The van der Waals surface area contributed by atoms with Crippen molar-refractivity contribution < 1.29 is 26.4 Å². The number of alkyl halides is 3. The van der Waals surface area contributed by atoms with Crippen LogP contribution in [0.3, 0.4) is 0 Å². The Hall–Kier alpha value is -2.20. The van der Waals surface area contributed by atoms with Crippen molar-refractivity contribution in [3.63, 3.8) is 0 Å². The first-order valence-corrected chi connectivity index (χ1v) is 10.6. The first-order valence-electron chi connectivity index (χ1n) is 9.14. The number of hydrogen-bond donors (Lipinski definition) is 0. The van der Waals surface area contributed by atoms with Crippen molar-refractivity contribution in [1.29, 1.82) is 0 Å². The van der Waals surface area contributed by atoms with Crippen LogP contribution < -0.4 is 0 Å². The molecular weight excluding hydrogens is 407 g/mol. The number of aromatic nitrogens is 2. The number of benzene rings is 1. The zero-order valence-electron chi connectivity index (χ0n) is 16.3. The molecular formula is C19H22F3N3O3S. The Morgan fingerprint density at radius 3 is 2.52 bits per heavy atom. The van der Waals surface area contributed by atoms with Crippen LogP contribution in [0.5, 0.6) is 0 Å². The molecule has 10 heteroatoms. The fourth-order valence-corrected chi connectivity index (χ4v) is 5.64. The zero-order valence-corrected chi connectivity index (χ0v) is 17.1. The van der Waals surface area contributed by atoms with E-state index in [-0.39, 0.29) is 23.5 Å². The Morgan fingerprint density at radius 1 is 1.24 bits per heavy atom. The SMILES string of the molecule is Cc1nn(C)c(C)c1S(=O)(=O)N1CCC[C@@H](C(=O)c2cccc(C(F)(F)F)c2)C1. The number of sulfonamides is 1. The van der Waals surface area contributed by atoms with Crippen LogP contribution in [0.1, 0.15) is 40.2 Å². The van der Waals surface area contributed by atoms with E-state index >= 15 is 0 Å². The van der Waals surface area contributed by atoms with Crippen molar-refractivity contribution in [1.82, 2.24) is 14.1 Å². The molecule has 0 aliphatic carbocycles. The summed E-state index contributed by atoms with van der Waals surface area (Å²) < 4.78 is 67.9. The number of carbonyl (C=O) groups is 1. The van der Waals surface area contributed by atoms with Gasteiger partial charge in [-0.05, 0) is 38.8 Å². The van der Waals surface area contributed by atoms with Crippen molar-refractivity contribution in [2.24, 2.45) is 13.0 Å². The van der Waals surface area contributed by atoms with E-state index in [4.69, 9.17) is 0 Å². The van der Waals surface area contributed by atoms with Gasteiger partial charge in [-0.1, -0.05) is 12.1 Å². The van der Waals surface area contributed by atoms with E-state index in [1.165, 1.54) is 21.1 Å². The summed E-state index contributed by atoms with van der Waals surface area (Å²) in [5.41, 5.74) is -0.0896. The van der Waals surface area contributed by atoms with Crippen molar-refractivity contribution in [2.45, 2.75) is 37.8 Å². The monoisotopic (exact) mass is 429 g/mol. The molecule has 29 heavy (non-hydrogen) atoms. The highest BCUT2D eigenvalue weighted by molar-refractivity contribution is 7.89. The molecule has 0 amide bonds. The van der Waals surface area contributed by atoms with E-state index in [1.807, 2.05) is 0 Å². The normalized spacial score (nSPS) is 18.8. The molecule has 0 radical (unpaired) electrons. The molecule has 2 aromatic rings. The number of hydrogen-bond acceptors (Lipinski definition) is 4. The summed E-state index contributed by atoms with van der Waals surface area (Å²) >= 11 is 0. The molecule has 1 aromatic carbocycles. The lowest BCUT2D eigenvalue weighted by Gasteiger charge is -2.31. The van der Waals surface area contributed by atoms with Gasteiger partial charge < -0.3 is 0 Å². The topological polar surface area (TPSA) is 72.3 Å². The van der Waals surface area contributed by atoms with Gasteiger partial charge in [0.15, 0.2) is 5.78 Å². The van der Waals surface area contributed by atoms with Gasteiger partial charge in [-0.2, -0.15) is 22.6 Å². The predicted molar refractivity (Wildman–Crippen MR) is 99.9 cm³/mol. The summed E-state index contributed by atoms with van der Waals surface area (Å²) in [6.07, 6.45) is -3.67. The van der Waals surface area contributed by atoms with Crippen LogP contribution in [-0.4, -0.2) is 41.4 Å². The van der Waals surface area contributed by atoms with Crippen LogP contribution in [0.25, 0.3) is 0 Å². The molecule has 1 atom stereocenters. The lowest BCUT2D eigenvalue weighted by molar-refractivity contribution is -0.137. The quantitative estimate of drug-likeness (QED) is 0.699. The number of halogens is 3. The van der Waals surface area contributed by atoms with E-state index < -0.39 is 33.5 Å². The molecule has 0 N–H and O–H groups in total. The molecule has 0 spiro atoms. The van der Waals surface area contributed by atoms with E-state index in [0.717, 1.165) is 12.1 Å². The second-order valence-electron chi connectivity index (χ2n) is 7.27. The Kier molecular flexibility index (Phi) is 5.61. The molecule has 2 heterocycles. The zero-order chi connectivity index (χ0) is 21.6. The lowest BCUT2D eigenvalue weighted by Crippen LogP contribution is -2.42. The molecule has 1 saturated heterocycles. The Morgan fingerprint density at radius 2 is 1.93 bits per heavy atom. The highest BCUT2D eigenvalue weighted by atomic mass is 32.2. The average molecular weight is 429 g/mol. The Bertz CT molecular complexity index is 1040. The van der Waals surface area contributed by atoms with Gasteiger partial charge >= 0.3 is 6.18 Å². The van der Waals surface area contributed by atoms with Gasteiger partial charge in [-0.15, -0.1) is 0 Å². The number of piperidine rings is 1. The number of Topliss-reactive ketones (excluding diaryl/α,β-unsaturated/α-hetero) is 1. The summed E-state index contributed by atoms with van der Waals surface area (Å²) in [4.78, 5) is 12.9. The van der Waals surface area contributed by atoms with Crippen LogP contribution >= 0.6 is 0 Å². The minimum atomic E-state index is -4.55. The number of nitrogens with zero attached hydrogens (tertiary/aromatic N) is 3. The maximum absolute atomic E-state index is 13.1. The van der Waals surface area contributed by atoms with Crippen molar-refractivity contribution in [3.05, 3.63) is 46.8 Å². The maximum atomic E-state index is 13.1. The smallest absolute Gasteiger partial charge is 0.294 e. The van der Waals surface area contributed by atoms with Gasteiger partial charge in [0.2, 0.25) is 10.0 Å². The molecule has 0 saturated carbocycles. The largest absolute Gasteiger partial charge is 0.416 e. The predicted octanol–water partition coefficient (Wildman–Crippen LogP) is 3.34. The van der Waals surface area contributed by atoms with Gasteiger partial charge in [0.25, 0.3) is 0 Å². The van der Waals surface area contributed by atoms with Gasteiger partial charge in [0.1, 0.15) is 4.90 Å². The molecule has 3 rings (SSSR count).